The molecule has 15 heavy (non-hydrogen) atoms. The number of hydrogen-bond acceptors (Lipinski definition) is 2. The van der Waals surface area contributed by atoms with Gasteiger partial charge in [-0.25, -0.2) is 4.68 Å². The van der Waals surface area contributed by atoms with Crippen molar-refractivity contribution in [1.82, 2.24) is 9.78 Å². The highest BCUT2D eigenvalue weighted by atomic mass is 19.4. The van der Waals surface area contributed by atoms with Crippen LogP contribution >= 0.6 is 0 Å². The lowest BCUT2D eigenvalue weighted by atomic mass is 10.1. The zero-order valence-electron chi connectivity index (χ0n) is 8.14. The number of alkyl halides is 3. The largest absolute Gasteiger partial charge is 0.524 e. The predicted octanol–water partition coefficient (Wildman–Crippen LogP) is 2.23. The SMILES string of the molecule is CC1(c2c[c]nn2COC(F)(F)F)CC1. The molecule has 83 valence electrons. The van der Waals surface area contributed by atoms with Gasteiger partial charge in [-0.2, -0.15) is 5.10 Å². The first-order valence-electron chi connectivity index (χ1n) is 4.56. The Morgan fingerprint density at radius 3 is 2.80 bits per heavy atom. The third kappa shape index (κ3) is 2.31. The normalized spacial score (nSPS) is 19.2. The van der Waals surface area contributed by atoms with E-state index in [2.05, 4.69) is 16.0 Å². The van der Waals surface area contributed by atoms with E-state index in [9.17, 15) is 13.2 Å². The van der Waals surface area contributed by atoms with Gasteiger partial charge in [-0.05, 0) is 18.9 Å². The molecule has 0 N–H and O–H groups in total. The van der Waals surface area contributed by atoms with Crippen LogP contribution in [0.2, 0.25) is 0 Å². The molecule has 0 saturated heterocycles. The molecule has 0 aliphatic heterocycles. The first-order chi connectivity index (χ1) is 6.91. The Bertz CT molecular complexity index is 354. The van der Waals surface area contributed by atoms with Crippen LogP contribution in [-0.2, 0) is 16.9 Å². The van der Waals surface area contributed by atoms with Crippen LogP contribution in [0, 0.1) is 6.20 Å². The molecule has 1 aliphatic rings. The van der Waals surface area contributed by atoms with Crippen LogP contribution in [0.4, 0.5) is 13.2 Å². The Labute approximate surface area is 84.8 Å². The van der Waals surface area contributed by atoms with Gasteiger partial charge in [0.1, 0.15) is 12.9 Å². The highest BCUT2D eigenvalue weighted by Crippen LogP contribution is 2.47. The fraction of sp³-hybridized carbons (Fsp3) is 0.667. The summed E-state index contributed by atoms with van der Waals surface area (Å²) < 4.78 is 40.4. The number of ether oxygens (including phenoxy) is 1. The number of rotatable bonds is 3. The molecular weight excluding hydrogens is 209 g/mol. The highest BCUT2D eigenvalue weighted by molar-refractivity contribution is 5.21. The van der Waals surface area contributed by atoms with E-state index in [0.717, 1.165) is 18.5 Å². The van der Waals surface area contributed by atoms with Gasteiger partial charge in [0.15, 0.2) is 0 Å². The van der Waals surface area contributed by atoms with Crippen LogP contribution in [0.1, 0.15) is 25.5 Å². The van der Waals surface area contributed by atoms with Gasteiger partial charge in [0, 0.05) is 11.1 Å². The summed E-state index contributed by atoms with van der Waals surface area (Å²) in [6.07, 6.45) is -0.129. The summed E-state index contributed by atoms with van der Waals surface area (Å²) in [4.78, 5) is 0. The fourth-order valence-electron chi connectivity index (χ4n) is 1.45. The zero-order chi connectivity index (χ0) is 11.1. The Kier molecular flexibility index (Phi) is 2.26. The van der Waals surface area contributed by atoms with Crippen molar-refractivity contribution in [2.24, 2.45) is 0 Å². The molecule has 3 nitrogen and oxygen atoms in total. The van der Waals surface area contributed by atoms with E-state index in [1.165, 1.54) is 4.68 Å². The van der Waals surface area contributed by atoms with Crippen LogP contribution in [0.3, 0.4) is 0 Å². The van der Waals surface area contributed by atoms with Crippen molar-refractivity contribution < 1.29 is 17.9 Å². The van der Waals surface area contributed by atoms with Gasteiger partial charge in [-0.1, -0.05) is 6.92 Å². The standard InChI is InChI=1S/C9H10F3N2O/c1-8(3-4-8)7-2-5-13-14(7)6-15-9(10,11)12/h2H,3-4,6H2,1H3. The van der Waals surface area contributed by atoms with E-state index >= 15 is 0 Å². The Hall–Kier alpha value is -1.04. The van der Waals surface area contributed by atoms with E-state index in [1.807, 2.05) is 6.92 Å². The molecule has 0 atom stereocenters. The maximum atomic E-state index is 11.8. The third-order valence-corrected chi connectivity index (χ3v) is 2.63. The summed E-state index contributed by atoms with van der Waals surface area (Å²) in [5.41, 5.74) is 0.717. The van der Waals surface area contributed by atoms with Crippen molar-refractivity contribution in [2.45, 2.75) is 38.3 Å². The molecular formula is C9H10F3N2O. The summed E-state index contributed by atoms with van der Waals surface area (Å²) in [6, 6.07) is 1.62. The molecule has 1 aromatic heterocycles. The lowest BCUT2D eigenvalue weighted by Crippen LogP contribution is -2.20. The van der Waals surface area contributed by atoms with Crippen LogP contribution in [0.5, 0.6) is 0 Å². The van der Waals surface area contributed by atoms with Gasteiger partial charge < -0.3 is 0 Å². The smallest absolute Gasteiger partial charge is 0.269 e. The monoisotopic (exact) mass is 219 g/mol. The van der Waals surface area contributed by atoms with E-state index in [-0.39, 0.29) is 5.41 Å². The fourth-order valence-corrected chi connectivity index (χ4v) is 1.45. The molecule has 0 bridgehead atoms. The van der Waals surface area contributed by atoms with Crippen molar-refractivity contribution in [3.8, 4) is 0 Å². The quantitative estimate of drug-likeness (QED) is 0.779. The van der Waals surface area contributed by atoms with Crippen molar-refractivity contribution >= 4 is 0 Å². The minimum atomic E-state index is -4.62. The van der Waals surface area contributed by atoms with Gasteiger partial charge in [-0.15, -0.1) is 13.2 Å². The molecule has 1 aliphatic carbocycles. The Balaban J connectivity index is 2.06. The number of hydrogen-bond donors (Lipinski definition) is 0. The number of aromatic nitrogens is 2. The topological polar surface area (TPSA) is 27.1 Å². The van der Waals surface area contributed by atoms with E-state index < -0.39 is 13.1 Å². The summed E-state index contributed by atoms with van der Waals surface area (Å²) in [5, 5.41) is 3.69. The molecule has 1 heterocycles. The van der Waals surface area contributed by atoms with Crippen LogP contribution in [0.15, 0.2) is 6.07 Å². The zero-order valence-corrected chi connectivity index (χ0v) is 8.14. The molecule has 0 unspecified atom stereocenters. The first kappa shape index (κ1) is 10.5. The predicted molar refractivity (Wildman–Crippen MR) is 44.8 cm³/mol. The minimum absolute atomic E-state index is 0.0397. The molecule has 1 aromatic rings. The average molecular weight is 219 g/mol. The number of nitrogens with zero attached hydrogens (tertiary/aromatic N) is 2. The molecule has 1 saturated carbocycles. The van der Waals surface area contributed by atoms with E-state index in [4.69, 9.17) is 0 Å². The molecule has 0 aromatic carbocycles. The van der Waals surface area contributed by atoms with Crippen molar-refractivity contribution in [3.05, 3.63) is 18.0 Å². The second kappa shape index (κ2) is 3.23. The highest BCUT2D eigenvalue weighted by Gasteiger charge is 2.42. The second-order valence-electron chi connectivity index (χ2n) is 3.94. The molecule has 6 heteroatoms. The molecule has 1 fully saturated rings. The van der Waals surface area contributed by atoms with E-state index in [0.29, 0.717) is 0 Å². The Morgan fingerprint density at radius 1 is 1.60 bits per heavy atom. The molecule has 0 amide bonds. The third-order valence-electron chi connectivity index (χ3n) is 2.63. The van der Waals surface area contributed by atoms with Crippen molar-refractivity contribution in [2.75, 3.05) is 0 Å². The van der Waals surface area contributed by atoms with Gasteiger partial charge >= 0.3 is 6.36 Å². The second-order valence-corrected chi connectivity index (χ2v) is 3.94. The molecule has 2 rings (SSSR count). The van der Waals surface area contributed by atoms with Gasteiger partial charge in [0.05, 0.1) is 0 Å². The van der Waals surface area contributed by atoms with Crippen molar-refractivity contribution in [1.29, 1.82) is 0 Å². The maximum absolute atomic E-state index is 11.8. The lowest BCUT2D eigenvalue weighted by molar-refractivity contribution is -0.339. The summed E-state index contributed by atoms with van der Waals surface area (Å²) in [7, 11) is 0. The van der Waals surface area contributed by atoms with Crippen molar-refractivity contribution in [3.63, 3.8) is 0 Å². The Morgan fingerprint density at radius 2 is 2.27 bits per heavy atom. The molecule has 1 radical (unpaired) electrons. The summed E-state index contributed by atoms with van der Waals surface area (Å²) in [6.45, 7) is 1.39. The number of halogens is 3. The average Bonchev–Trinajstić information content (AvgIpc) is 2.69. The maximum Gasteiger partial charge on any atom is 0.524 e. The van der Waals surface area contributed by atoms with Crippen LogP contribution < -0.4 is 0 Å². The van der Waals surface area contributed by atoms with Gasteiger partial charge in [-0.3, -0.25) is 4.74 Å². The summed E-state index contributed by atoms with van der Waals surface area (Å²) in [5.74, 6) is 0. The van der Waals surface area contributed by atoms with Gasteiger partial charge in [0.2, 0.25) is 0 Å². The lowest BCUT2D eigenvalue weighted by Gasteiger charge is -2.13. The van der Waals surface area contributed by atoms with Crippen LogP contribution in [-0.4, -0.2) is 16.1 Å². The van der Waals surface area contributed by atoms with E-state index in [1.54, 1.807) is 6.07 Å². The van der Waals surface area contributed by atoms with Crippen LogP contribution in [0.25, 0.3) is 0 Å². The van der Waals surface area contributed by atoms with Gasteiger partial charge in [0.25, 0.3) is 0 Å². The minimum Gasteiger partial charge on any atom is -0.269 e. The molecule has 0 spiro atoms. The first-order valence-corrected chi connectivity index (χ1v) is 4.56. The summed E-state index contributed by atoms with van der Waals surface area (Å²) >= 11 is 0.